The minimum absolute atomic E-state index is 0.0639. The quantitative estimate of drug-likeness (QED) is 0.467. The summed E-state index contributed by atoms with van der Waals surface area (Å²) in [6, 6.07) is 1.25. The lowest BCUT2D eigenvalue weighted by Crippen LogP contribution is -2.12. The van der Waals surface area contributed by atoms with Gasteiger partial charge in [-0.2, -0.15) is 0 Å². The van der Waals surface area contributed by atoms with Crippen molar-refractivity contribution in [2.45, 2.75) is 27.9 Å². The van der Waals surface area contributed by atoms with Gasteiger partial charge in [-0.25, -0.2) is 22.0 Å². The fraction of sp³-hybridized carbons (Fsp3) is 0.667. The standard InChI is InChI=1S/C12H21NO7S3/c1-4-10(20-8-19-6-5-18-2)9-7-11(23(13,16)17)21-12(9)22(3,14)15/h7,10H,4-6,8H2,1-3H3,(H2,13,16,17). The van der Waals surface area contributed by atoms with Crippen LogP contribution in [0.4, 0.5) is 0 Å². The van der Waals surface area contributed by atoms with Crippen LogP contribution >= 0.6 is 11.3 Å². The van der Waals surface area contributed by atoms with Gasteiger partial charge < -0.3 is 14.2 Å². The summed E-state index contributed by atoms with van der Waals surface area (Å²) in [6.07, 6.45) is 0.836. The highest BCUT2D eigenvalue weighted by Crippen LogP contribution is 2.36. The lowest BCUT2D eigenvalue weighted by Gasteiger charge is -2.16. The van der Waals surface area contributed by atoms with Crippen molar-refractivity contribution in [1.82, 2.24) is 0 Å². The van der Waals surface area contributed by atoms with E-state index in [0.29, 0.717) is 31.0 Å². The van der Waals surface area contributed by atoms with Gasteiger partial charge in [0.1, 0.15) is 15.2 Å². The van der Waals surface area contributed by atoms with Crippen molar-refractivity contribution in [1.29, 1.82) is 0 Å². The second-order valence-electron chi connectivity index (χ2n) is 4.71. The van der Waals surface area contributed by atoms with Gasteiger partial charge in [-0.05, 0) is 12.5 Å². The highest BCUT2D eigenvalue weighted by molar-refractivity contribution is 7.94. The molecule has 0 aliphatic carbocycles. The zero-order valence-corrected chi connectivity index (χ0v) is 15.6. The Morgan fingerprint density at radius 3 is 2.39 bits per heavy atom. The average molecular weight is 388 g/mol. The van der Waals surface area contributed by atoms with E-state index in [1.54, 1.807) is 6.92 Å². The monoisotopic (exact) mass is 387 g/mol. The second-order valence-corrected chi connectivity index (χ2v) is 9.76. The molecule has 0 aromatic carbocycles. The van der Waals surface area contributed by atoms with Crippen molar-refractivity contribution < 1.29 is 31.0 Å². The molecule has 0 aliphatic heterocycles. The summed E-state index contributed by atoms with van der Waals surface area (Å²) in [5.74, 6) is 0. The van der Waals surface area contributed by atoms with Crippen molar-refractivity contribution in [3.8, 4) is 0 Å². The highest BCUT2D eigenvalue weighted by atomic mass is 32.3. The van der Waals surface area contributed by atoms with Gasteiger partial charge >= 0.3 is 0 Å². The number of rotatable bonds is 10. The van der Waals surface area contributed by atoms with E-state index in [1.807, 2.05) is 0 Å². The van der Waals surface area contributed by atoms with E-state index in [1.165, 1.54) is 13.2 Å². The van der Waals surface area contributed by atoms with E-state index >= 15 is 0 Å². The van der Waals surface area contributed by atoms with Gasteiger partial charge in [0, 0.05) is 18.9 Å². The molecular weight excluding hydrogens is 366 g/mol. The van der Waals surface area contributed by atoms with E-state index in [-0.39, 0.29) is 20.8 Å². The summed E-state index contributed by atoms with van der Waals surface area (Å²) in [4.78, 5) is 0. The number of ether oxygens (including phenoxy) is 3. The van der Waals surface area contributed by atoms with Crippen LogP contribution in [0.3, 0.4) is 0 Å². The van der Waals surface area contributed by atoms with Crippen molar-refractivity contribution >= 4 is 31.2 Å². The highest BCUT2D eigenvalue weighted by Gasteiger charge is 2.27. The van der Waals surface area contributed by atoms with Crippen molar-refractivity contribution in [2.75, 3.05) is 33.4 Å². The lowest BCUT2D eigenvalue weighted by atomic mass is 10.1. The third-order valence-corrected chi connectivity index (χ3v) is 7.25. The molecule has 1 rings (SSSR count). The van der Waals surface area contributed by atoms with Crippen LogP contribution in [0.5, 0.6) is 0 Å². The van der Waals surface area contributed by atoms with Crippen LogP contribution in [-0.2, 0) is 34.1 Å². The Kier molecular flexibility index (Phi) is 7.58. The first-order valence-corrected chi connectivity index (χ1v) is 10.9. The minimum Gasteiger partial charge on any atom is -0.382 e. The molecule has 134 valence electrons. The number of nitrogens with two attached hydrogens (primary N) is 1. The zero-order chi connectivity index (χ0) is 17.7. The summed E-state index contributed by atoms with van der Waals surface area (Å²) in [5, 5.41) is 5.09. The molecule has 0 radical (unpaired) electrons. The fourth-order valence-corrected chi connectivity index (χ4v) is 5.11. The lowest BCUT2D eigenvalue weighted by molar-refractivity contribution is -0.100. The average Bonchev–Trinajstić information content (AvgIpc) is 2.88. The molecule has 11 heteroatoms. The Morgan fingerprint density at radius 2 is 1.91 bits per heavy atom. The van der Waals surface area contributed by atoms with Crippen LogP contribution in [-0.4, -0.2) is 50.2 Å². The van der Waals surface area contributed by atoms with Crippen molar-refractivity contribution in [3.05, 3.63) is 11.6 Å². The van der Waals surface area contributed by atoms with Gasteiger partial charge in [-0.15, -0.1) is 11.3 Å². The maximum atomic E-state index is 11.9. The molecule has 2 N–H and O–H groups in total. The first-order chi connectivity index (χ1) is 10.6. The van der Waals surface area contributed by atoms with E-state index in [0.717, 1.165) is 6.26 Å². The Hall–Kier alpha value is -0.560. The van der Waals surface area contributed by atoms with Gasteiger partial charge in [-0.3, -0.25) is 0 Å². The molecular formula is C12H21NO7S3. The smallest absolute Gasteiger partial charge is 0.247 e. The van der Waals surface area contributed by atoms with Gasteiger partial charge in [0.2, 0.25) is 10.0 Å². The van der Waals surface area contributed by atoms with E-state index in [2.05, 4.69) is 0 Å². The second kappa shape index (κ2) is 8.51. The molecule has 0 saturated carbocycles. The Balaban J connectivity index is 3.04. The fourth-order valence-electron chi connectivity index (χ4n) is 1.78. The molecule has 1 aromatic rings. The number of hydrogen-bond donors (Lipinski definition) is 1. The normalized spacial score (nSPS) is 14.1. The molecule has 0 fully saturated rings. The van der Waals surface area contributed by atoms with Crippen LogP contribution in [0.15, 0.2) is 14.5 Å². The molecule has 0 spiro atoms. The summed E-state index contributed by atoms with van der Waals surface area (Å²) in [6.45, 7) is 2.46. The molecule has 0 aliphatic rings. The maximum absolute atomic E-state index is 11.9. The number of sulfone groups is 1. The van der Waals surface area contributed by atoms with Crippen LogP contribution in [0.25, 0.3) is 0 Å². The largest absolute Gasteiger partial charge is 0.382 e. The zero-order valence-electron chi connectivity index (χ0n) is 13.1. The summed E-state index contributed by atoms with van der Waals surface area (Å²) in [5.41, 5.74) is 0.277. The van der Waals surface area contributed by atoms with Crippen LogP contribution < -0.4 is 5.14 Å². The topological polar surface area (TPSA) is 122 Å². The van der Waals surface area contributed by atoms with Crippen LogP contribution in [0, 0.1) is 0 Å². The van der Waals surface area contributed by atoms with E-state index in [9.17, 15) is 16.8 Å². The first-order valence-electron chi connectivity index (χ1n) is 6.66. The molecule has 0 bridgehead atoms. The number of methoxy groups -OCH3 is 1. The van der Waals surface area contributed by atoms with Gasteiger partial charge in [0.15, 0.2) is 9.84 Å². The first kappa shape index (κ1) is 20.5. The Bertz CT molecular complexity index is 709. The van der Waals surface area contributed by atoms with Crippen LogP contribution in [0.1, 0.15) is 25.0 Å². The number of hydrogen-bond acceptors (Lipinski definition) is 8. The molecule has 8 nitrogen and oxygen atoms in total. The molecule has 0 saturated heterocycles. The third-order valence-electron chi connectivity index (χ3n) is 2.82. The molecule has 1 heterocycles. The number of sulfonamides is 1. The Morgan fingerprint density at radius 1 is 1.26 bits per heavy atom. The van der Waals surface area contributed by atoms with Gasteiger partial charge in [-0.1, -0.05) is 6.92 Å². The molecule has 1 atom stereocenters. The molecule has 23 heavy (non-hydrogen) atoms. The number of thiophene rings is 1. The summed E-state index contributed by atoms with van der Waals surface area (Å²) >= 11 is 0.623. The predicted molar refractivity (Wildman–Crippen MR) is 85.6 cm³/mol. The molecule has 0 amide bonds. The summed E-state index contributed by atoms with van der Waals surface area (Å²) in [7, 11) is -6.06. The third kappa shape index (κ3) is 6.10. The minimum atomic E-state index is -3.99. The van der Waals surface area contributed by atoms with Crippen molar-refractivity contribution in [3.63, 3.8) is 0 Å². The van der Waals surface area contributed by atoms with Crippen molar-refractivity contribution in [2.24, 2.45) is 5.14 Å². The SMILES string of the molecule is CCC(OCOCCOC)c1cc(S(N)(=O)=O)sc1S(C)(=O)=O. The van der Waals surface area contributed by atoms with Gasteiger partial charge in [0.25, 0.3) is 0 Å². The molecule has 1 unspecified atom stereocenters. The Labute approximate surface area is 140 Å². The van der Waals surface area contributed by atoms with E-state index < -0.39 is 26.0 Å². The molecule has 1 aromatic heterocycles. The van der Waals surface area contributed by atoms with Gasteiger partial charge in [0.05, 0.1) is 19.3 Å². The number of primary sulfonamides is 1. The maximum Gasteiger partial charge on any atom is 0.247 e. The predicted octanol–water partition coefficient (Wildman–Crippen LogP) is 0.887. The summed E-state index contributed by atoms with van der Waals surface area (Å²) < 4.78 is 62.0. The van der Waals surface area contributed by atoms with E-state index in [4.69, 9.17) is 19.3 Å². The van der Waals surface area contributed by atoms with Crippen LogP contribution in [0.2, 0.25) is 0 Å².